The number of aliphatic hydroxyl groups is 1. The van der Waals surface area contributed by atoms with Crippen LogP contribution in [0.5, 0.6) is 0 Å². The van der Waals surface area contributed by atoms with E-state index in [4.69, 9.17) is 9.84 Å². The molecule has 0 fully saturated rings. The number of nitrogens with zero attached hydrogens (tertiary/aromatic N) is 7. The maximum absolute atomic E-state index is 8.66. The van der Waals surface area contributed by atoms with E-state index in [1.165, 1.54) is 6.33 Å². The Bertz CT molecular complexity index is 753. The third-order valence-electron chi connectivity index (χ3n) is 3.03. The molecule has 0 saturated heterocycles. The van der Waals surface area contributed by atoms with Crippen LogP contribution in [0, 0.1) is 0 Å². The fourth-order valence-corrected chi connectivity index (χ4v) is 2.06. The van der Waals surface area contributed by atoms with Gasteiger partial charge in [-0.3, -0.25) is 0 Å². The van der Waals surface area contributed by atoms with Crippen LogP contribution in [-0.2, 0) is 18.0 Å². The lowest BCUT2D eigenvalue weighted by Crippen LogP contribution is -2.06. The maximum atomic E-state index is 8.66. The van der Waals surface area contributed by atoms with E-state index < -0.39 is 0 Å². The Morgan fingerprint density at radius 3 is 3.09 bits per heavy atom. The Kier molecular flexibility index (Phi) is 4.21. The van der Waals surface area contributed by atoms with E-state index in [1.54, 1.807) is 28.8 Å². The fourth-order valence-electron chi connectivity index (χ4n) is 2.06. The fraction of sp³-hybridized carbons (Fsp3) is 0.417. The van der Waals surface area contributed by atoms with E-state index in [-0.39, 0.29) is 19.9 Å². The van der Waals surface area contributed by atoms with Crippen molar-refractivity contribution in [1.29, 1.82) is 0 Å². The van der Waals surface area contributed by atoms with Gasteiger partial charge in [-0.05, 0) is 0 Å². The number of fused-ring (bicyclic) bond motifs is 1. The van der Waals surface area contributed by atoms with Crippen molar-refractivity contribution in [1.82, 2.24) is 34.7 Å². The normalized spacial score (nSPS) is 11.2. The van der Waals surface area contributed by atoms with Gasteiger partial charge in [-0.25, -0.2) is 19.3 Å². The summed E-state index contributed by atoms with van der Waals surface area (Å²) in [5.41, 5.74) is 1.47. The molecule has 0 atom stereocenters. The third kappa shape index (κ3) is 2.87. The summed E-state index contributed by atoms with van der Waals surface area (Å²) in [5.74, 6) is 0.734. The molecule has 0 saturated carbocycles. The second-order valence-electron chi connectivity index (χ2n) is 4.52. The van der Waals surface area contributed by atoms with E-state index in [1.807, 2.05) is 0 Å². The first kappa shape index (κ1) is 14.4. The highest BCUT2D eigenvalue weighted by atomic mass is 16.5. The van der Waals surface area contributed by atoms with Crippen molar-refractivity contribution < 1.29 is 9.84 Å². The number of anilines is 1. The zero-order valence-electron chi connectivity index (χ0n) is 12.0. The average Bonchev–Trinajstić information content (AvgIpc) is 3.15. The summed E-state index contributed by atoms with van der Waals surface area (Å²) in [5, 5.41) is 24.9. The zero-order chi connectivity index (χ0) is 15.4. The van der Waals surface area contributed by atoms with Gasteiger partial charge in [-0.2, -0.15) is 5.10 Å². The van der Waals surface area contributed by atoms with Gasteiger partial charge in [-0.15, -0.1) is 5.10 Å². The highest BCUT2D eigenvalue weighted by Gasteiger charge is 2.10. The van der Waals surface area contributed by atoms with E-state index in [2.05, 4.69) is 30.7 Å². The van der Waals surface area contributed by atoms with E-state index in [0.29, 0.717) is 6.54 Å². The second kappa shape index (κ2) is 6.45. The van der Waals surface area contributed by atoms with Crippen molar-refractivity contribution in [3.63, 3.8) is 0 Å². The van der Waals surface area contributed by atoms with Crippen molar-refractivity contribution in [2.45, 2.75) is 13.3 Å². The summed E-state index contributed by atoms with van der Waals surface area (Å²) in [6.45, 7) is 0.945. The summed E-state index contributed by atoms with van der Waals surface area (Å²) in [4.78, 5) is 8.40. The van der Waals surface area contributed by atoms with Crippen LogP contribution < -0.4 is 5.32 Å². The molecule has 0 aliphatic rings. The number of ether oxygens (including phenoxy) is 1. The van der Waals surface area contributed by atoms with Gasteiger partial charge in [0.05, 0.1) is 37.5 Å². The molecule has 0 aliphatic heterocycles. The smallest absolute Gasteiger partial charge is 0.163 e. The molecule has 0 bridgehead atoms. The quantitative estimate of drug-likeness (QED) is 0.560. The minimum absolute atomic E-state index is 0.0195. The van der Waals surface area contributed by atoms with Crippen molar-refractivity contribution in [3.05, 3.63) is 24.4 Å². The summed E-state index contributed by atoms with van der Waals surface area (Å²) in [7, 11) is 1.80. The van der Waals surface area contributed by atoms with Crippen molar-refractivity contribution >= 4 is 16.9 Å². The van der Waals surface area contributed by atoms with Crippen LogP contribution in [0.1, 0.15) is 5.69 Å². The van der Waals surface area contributed by atoms with E-state index in [9.17, 15) is 0 Å². The number of hydrogen-bond acceptors (Lipinski definition) is 8. The van der Waals surface area contributed by atoms with Crippen molar-refractivity contribution in [3.8, 4) is 0 Å². The molecule has 3 aromatic rings. The van der Waals surface area contributed by atoms with Crippen LogP contribution in [0.15, 0.2) is 18.7 Å². The van der Waals surface area contributed by atoms with Crippen LogP contribution >= 0.6 is 0 Å². The first-order valence-electron chi connectivity index (χ1n) is 6.73. The van der Waals surface area contributed by atoms with Gasteiger partial charge >= 0.3 is 0 Å². The molecular formula is C12H16N8O2. The van der Waals surface area contributed by atoms with Crippen LogP contribution in [-0.4, -0.2) is 60.1 Å². The molecule has 0 spiro atoms. The lowest BCUT2D eigenvalue weighted by Gasteiger charge is -2.02. The van der Waals surface area contributed by atoms with Crippen LogP contribution in [0.4, 0.5) is 5.82 Å². The molecular weight excluding hydrogens is 288 g/mol. The standard InChI is InChI=1S/C12H16N8O2/c1-13-11-10-4-16-20(12(10)15-7-14-11)6-9-5-19(18-17-9)8-22-3-2-21/h4-5,7,21H,2-3,6,8H2,1H3,(H,13,14,15). The van der Waals surface area contributed by atoms with E-state index in [0.717, 1.165) is 22.5 Å². The summed E-state index contributed by atoms with van der Waals surface area (Å²) in [6.07, 6.45) is 4.98. The number of hydrogen-bond donors (Lipinski definition) is 2. The predicted octanol–water partition coefficient (Wildman–Crippen LogP) is -0.526. The average molecular weight is 304 g/mol. The van der Waals surface area contributed by atoms with Gasteiger partial charge in [-0.1, -0.05) is 5.21 Å². The first-order valence-corrected chi connectivity index (χ1v) is 6.73. The molecule has 3 aromatic heterocycles. The van der Waals surface area contributed by atoms with Gasteiger partial charge < -0.3 is 15.2 Å². The molecule has 0 radical (unpaired) electrons. The highest BCUT2D eigenvalue weighted by Crippen LogP contribution is 2.18. The molecule has 0 unspecified atom stereocenters. The summed E-state index contributed by atoms with van der Waals surface area (Å²) < 4.78 is 8.47. The molecule has 0 aromatic carbocycles. The molecule has 0 aliphatic carbocycles. The predicted molar refractivity (Wildman–Crippen MR) is 77.0 cm³/mol. The Morgan fingerprint density at radius 2 is 2.27 bits per heavy atom. The lowest BCUT2D eigenvalue weighted by atomic mass is 10.4. The zero-order valence-corrected chi connectivity index (χ0v) is 12.0. The number of aromatic nitrogens is 7. The number of rotatable bonds is 7. The van der Waals surface area contributed by atoms with Crippen molar-refractivity contribution in [2.75, 3.05) is 25.6 Å². The Balaban J connectivity index is 1.76. The molecule has 3 rings (SSSR count). The second-order valence-corrected chi connectivity index (χ2v) is 4.52. The minimum Gasteiger partial charge on any atom is -0.394 e. The minimum atomic E-state index is -0.0195. The molecule has 116 valence electrons. The molecule has 3 heterocycles. The lowest BCUT2D eigenvalue weighted by molar-refractivity contribution is 0.0409. The Hall–Kier alpha value is -2.59. The van der Waals surface area contributed by atoms with Crippen LogP contribution in [0.3, 0.4) is 0 Å². The SMILES string of the molecule is CNc1ncnc2c1cnn2Cc1cn(COCCO)nn1. The third-order valence-corrected chi connectivity index (χ3v) is 3.03. The van der Waals surface area contributed by atoms with Gasteiger partial charge in [0.1, 0.15) is 24.6 Å². The summed E-state index contributed by atoms with van der Waals surface area (Å²) >= 11 is 0. The van der Waals surface area contributed by atoms with Crippen LogP contribution in [0.25, 0.3) is 11.0 Å². The van der Waals surface area contributed by atoms with Gasteiger partial charge in [0.15, 0.2) is 5.65 Å². The molecule has 2 N–H and O–H groups in total. The molecule has 22 heavy (non-hydrogen) atoms. The molecule has 10 heteroatoms. The Labute approximate surface area is 125 Å². The number of nitrogens with one attached hydrogen (secondary N) is 1. The molecule has 0 amide bonds. The maximum Gasteiger partial charge on any atom is 0.163 e. The van der Waals surface area contributed by atoms with Gasteiger partial charge in [0.25, 0.3) is 0 Å². The summed E-state index contributed by atoms with van der Waals surface area (Å²) in [6, 6.07) is 0. The van der Waals surface area contributed by atoms with Gasteiger partial charge in [0, 0.05) is 7.05 Å². The van der Waals surface area contributed by atoms with Crippen LogP contribution in [0.2, 0.25) is 0 Å². The Morgan fingerprint density at radius 1 is 1.36 bits per heavy atom. The molecule has 10 nitrogen and oxygen atoms in total. The van der Waals surface area contributed by atoms with Crippen molar-refractivity contribution in [2.24, 2.45) is 0 Å². The topological polar surface area (TPSA) is 116 Å². The largest absolute Gasteiger partial charge is 0.394 e. The van der Waals surface area contributed by atoms with E-state index >= 15 is 0 Å². The number of aliphatic hydroxyl groups excluding tert-OH is 1. The van der Waals surface area contributed by atoms with Gasteiger partial charge in [0.2, 0.25) is 0 Å². The monoisotopic (exact) mass is 304 g/mol. The highest BCUT2D eigenvalue weighted by molar-refractivity contribution is 5.85. The first-order chi connectivity index (χ1) is 10.8.